The van der Waals surface area contributed by atoms with Crippen molar-refractivity contribution in [1.29, 1.82) is 0 Å². The molecule has 142 valence electrons. The number of hydrogen-bond donors (Lipinski definition) is 2. The van der Waals surface area contributed by atoms with Crippen LogP contribution in [-0.4, -0.2) is 45.2 Å². The van der Waals surface area contributed by atoms with E-state index in [1.165, 1.54) is 38.4 Å². The summed E-state index contributed by atoms with van der Waals surface area (Å²) >= 11 is 6.00. The standard InChI is InChI=1S/C17H16ClN3O5S/c1-21(2)27(24,25)15-8-11(4-5-12(15)18)19-17(23)10-3-6-14-13(7-10)20-16(22)9-26-14/h3-8H,9H2,1-2H3,(H,19,23)(H,20,22). The second kappa shape index (κ2) is 7.18. The number of amides is 2. The summed E-state index contributed by atoms with van der Waals surface area (Å²) in [4.78, 5) is 23.8. The SMILES string of the molecule is CN(C)S(=O)(=O)c1cc(NC(=O)c2ccc3c(c2)NC(=O)CO3)ccc1Cl. The van der Waals surface area contributed by atoms with E-state index in [4.69, 9.17) is 16.3 Å². The molecule has 8 nitrogen and oxygen atoms in total. The van der Waals surface area contributed by atoms with Gasteiger partial charge in [0.1, 0.15) is 10.6 Å². The Bertz CT molecular complexity index is 1040. The Morgan fingerprint density at radius 2 is 1.96 bits per heavy atom. The quantitative estimate of drug-likeness (QED) is 0.805. The summed E-state index contributed by atoms with van der Waals surface area (Å²) in [7, 11) is -0.984. The molecule has 2 amide bonds. The monoisotopic (exact) mass is 409 g/mol. The first kappa shape index (κ1) is 19.2. The summed E-state index contributed by atoms with van der Waals surface area (Å²) in [6, 6.07) is 8.78. The Balaban J connectivity index is 1.87. The van der Waals surface area contributed by atoms with Crippen LogP contribution in [0.15, 0.2) is 41.3 Å². The lowest BCUT2D eigenvalue weighted by Crippen LogP contribution is -2.25. The maximum atomic E-state index is 12.5. The molecule has 3 rings (SSSR count). The Kier molecular flexibility index (Phi) is 5.09. The third-order valence-electron chi connectivity index (χ3n) is 3.82. The van der Waals surface area contributed by atoms with Crippen LogP contribution in [0.5, 0.6) is 5.75 Å². The topological polar surface area (TPSA) is 105 Å². The van der Waals surface area contributed by atoms with Crippen molar-refractivity contribution < 1.29 is 22.7 Å². The molecular weight excluding hydrogens is 394 g/mol. The maximum absolute atomic E-state index is 12.5. The van der Waals surface area contributed by atoms with Gasteiger partial charge >= 0.3 is 0 Å². The van der Waals surface area contributed by atoms with Gasteiger partial charge in [-0.25, -0.2) is 12.7 Å². The molecule has 1 aliphatic heterocycles. The molecule has 0 bridgehead atoms. The first-order chi connectivity index (χ1) is 12.7. The molecule has 0 spiro atoms. The van der Waals surface area contributed by atoms with Crippen molar-refractivity contribution in [2.24, 2.45) is 0 Å². The van der Waals surface area contributed by atoms with Gasteiger partial charge in [-0.1, -0.05) is 11.6 Å². The van der Waals surface area contributed by atoms with Gasteiger partial charge in [0.05, 0.1) is 10.7 Å². The zero-order chi connectivity index (χ0) is 19.8. The molecule has 1 aliphatic rings. The van der Waals surface area contributed by atoms with E-state index in [1.807, 2.05) is 0 Å². The second-order valence-electron chi connectivity index (χ2n) is 5.93. The summed E-state index contributed by atoms with van der Waals surface area (Å²) in [6.45, 7) is -0.0769. The lowest BCUT2D eigenvalue weighted by atomic mass is 10.1. The Morgan fingerprint density at radius 1 is 1.22 bits per heavy atom. The summed E-state index contributed by atoms with van der Waals surface area (Å²) in [5.74, 6) is -0.318. The van der Waals surface area contributed by atoms with Crippen molar-refractivity contribution in [3.05, 3.63) is 47.0 Å². The van der Waals surface area contributed by atoms with Crippen LogP contribution >= 0.6 is 11.6 Å². The van der Waals surface area contributed by atoms with Crippen LogP contribution in [-0.2, 0) is 14.8 Å². The number of halogens is 1. The number of hydrogen-bond acceptors (Lipinski definition) is 5. The highest BCUT2D eigenvalue weighted by Crippen LogP contribution is 2.30. The van der Waals surface area contributed by atoms with Gasteiger partial charge in [-0.05, 0) is 36.4 Å². The number of nitrogens with zero attached hydrogens (tertiary/aromatic N) is 1. The lowest BCUT2D eigenvalue weighted by molar-refractivity contribution is -0.118. The predicted molar refractivity (Wildman–Crippen MR) is 101 cm³/mol. The van der Waals surface area contributed by atoms with Crippen LogP contribution in [0, 0.1) is 0 Å². The summed E-state index contributed by atoms with van der Waals surface area (Å²) in [5.41, 5.74) is 0.931. The normalized spacial score (nSPS) is 13.6. The van der Waals surface area contributed by atoms with Crippen molar-refractivity contribution in [1.82, 2.24) is 4.31 Å². The first-order valence-corrected chi connectivity index (χ1v) is 9.60. The Hall–Kier alpha value is -2.62. The fraction of sp³-hybridized carbons (Fsp3) is 0.176. The van der Waals surface area contributed by atoms with Gasteiger partial charge in [-0.15, -0.1) is 0 Å². The number of sulfonamides is 1. The van der Waals surface area contributed by atoms with Gasteiger partial charge < -0.3 is 15.4 Å². The Morgan fingerprint density at radius 3 is 2.67 bits per heavy atom. The number of anilines is 2. The largest absolute Gasteiger partial charge is 0.482 e. The molecule has 10 heteroatoms. The lowest BCUT2D eigenvalue weighted by Gasteiger charge is -2.18. The van der Waals surface area contributed by atoms with Gasteiger partial charge in [-0.2, -0.15) is 0 Å². The highest BCUT2D eigenvalue weighted by atomic mass is 35.5. The molecule has 2 aromatic carbocycles. The molecule has 0 atom stereocenters. The first-order valence-electron chi connectivity index (χ1n) is 7.78. The molecule has 0 radical (unpaired) electrons. The molecular formula is C17H16ClN3O5S. The van der Waals surface area contributed by atoms with Crippen LogP contribution in [0.25, 0.3) is 0 Å². The number of carbonyl (C=O) groups is 2. The molecule has 27 heavy (non-hydrogen) atoms. The van der Waals surface area contributed by atoms with E-state index in [0.29, 0.717) is 11.4 Å². The minimum atomic E-state index is -3.76. The third-order valence-corrected chi connectivity index (χ3v) is 6.12. The van der Waals surface area contributed by atoms with E-state index in [-0.39, 0.29) is 33.7 Å². The second-order valence-corrected chi connectivity index (χ2v) is 8.46. The van der Waals surface area contributed by atoms with Crippen LogP contribution in [0.4, 0.5) is 11.4 Å². The van der Waals surface area contributed by atoms with E-state index >= 15 is 0 Å². The molecule has 0 saturated carbocycles. The van der Waals surface area contributed by atoms with Crippen molar-refractivity contribution in [3.8, 4) is 5.75 Å². The summed E-state index contributed by atoms with van der Waals surface area (Å²) < 4.78 is 30.9. The molecule has 2 aromatic rings. The minimum Gasteiger partial charge on any atom is -0.482 e. The Labute approximate surface area is 161 Å². The molecule has 2 N–H and O–H groups in total. The number of nitrogens with one attached hydrogen (secondary N) is 2. The van der Waals surface area contributed by atoms with Gasteiger partial charge in [0.15, 0.2) is 6.61 Å². The van der Waals surface area contributed by atoms with E-state index in [0.717, 1.165) is 4.31 Å². The van der Waals surface area contributed by atoms with Crippen LogP contribution in [0.3, 0.4) is 0 Å². The maximum Gasteiger partial charge on any atom is 0.262 e. The number of ether oxygens (including phenoxy) is 1. The zero-order valence-electron chi connectivity index (χ0n) is 14.4. The smallest absolute Gasteiger partial charge is 0.262 e. The number of rotatable bonds is 4. The number of fused-ring (bicyclic) bond motifs is 1. The third kappa shape index (κ3) is 3.90. The van der Waals surface area contributed by atoms with E-state index in [2.05, 4.69) is 10.6 Å². The highest BCUT2D eigenvalue weighted by molar-refractivity contribution is 7.89. The average Bonchev–Trinajstić information content (AvgIpc) is 2.62. The summed E-state index contributed by atoms with van der Waals surface area (Å²) in [6.07, 6.45) is 0. The predicted octanol–water partition coefficient (Wildman–Crippen LogP) is 2.17. The molecule has 0 fully saturated rings. The summed E-state index contributed by atoms with van der Waals surface area (Å²) in [5, 5.41) is 5.29. The molecule has 0 aromatic heterocycles. The van der Waals surface area contributed by atoms with E-state index in [9.17, 15) is 18.0 Å². The van der Waals surface area contributed by atoms with E-state index in [1.54, 1.807) is 12.1 Å². The fourth-order valence-electron chi connectivity index (χ4n) is 2.40. The molecule has 0 aliphatic carbocycles. The number of carbonyl (C=O) groups excluding carboxylic acids is 2. The van der Waals surface area contributed by atoms with Crippen LogP contribution in [0.1, 0.15) is 10.4 Å². The number of benzene rings is 2. The van der Waals surface area contributed by atoms with Crippen molar-refractivity contribution in [3.63, 3.8) is 0 Å². The molecule has 0 saturated heterocycles. The van der Waals surface area contributed by atoms with E-state index < -0.39 is 15.9 Å². The molecule has 1 heterocycles. The van der Waals surface area contributed by atoms with Gasteiger partial charge in [-0.3, -0.25) is 9.59 Å². The van der Waals surface area contributed by atoms with Crippen LogP contribution < -0.4 is 15.4 Å². The van der Waals surface area contributed by atoms with Gasteiger partial charge in [0.25, 0.3) is 11.8 Å². The minimum absolute atomic E-state index is 0.0512. The fourth-order valence-corrected chi connectivity index (χ4v) is 3.80. The van der Waals surface area contributed by atoms with Crippen molar-refractivity contribution in [2.75, 3.05) is 31.3 Å². The molecule has 0 unspecified atom stereocenters. The van der Waals surface area contributed by atoms with Gasteiger partial charge in [0, 0.05) is 25.3 Å². The van der Waals surface area contributed by atoms with Crippen LogP contribution in [0.2, 0.25) is 5.02 Å². The zero-order valence-corrected chi connectivity index (χ0v) is 16.0. The van der Waals surface area contributed by atoms with Gasteiger partial charge in [0.2, 0.25) is 10.0 Å². The van der Waals surface area contributed by atoms with Crippen molar-refractivity contribution >= 4 is 44.8 Å². The average molecular weight is 410 g/mol. The van der Waals surface area contributed by atoms with Crippen molar-refractivity contribution in [2.45, 2.75) is 4.90 Å². The highest BCUT2D eigenvalue weighted by Gasteiger charge is 2.22.